The zero-order valence-electron chi connectivity index (χ0n) is 15.6. The first-order valence-corrected chi connectivity index (χ1v) is 11.2. The number of rotatable bonds is 12. The first-order valence-electron chi connectivity index (χ1n) is 8.45. The maximum absolute atomic E-state index is 12.4. The highest BCUT2D eigenvalue weighted by atomic mass is 32.2. The molecule has 28 heavy (non-hydrogen) atoms. The predicted octanol–water partition coefficient (Wildman–Crippen LogP) is 1.56. The van der Waals surface area contributed by atoms with Gasteiger partial charge in [-0.25, -0.2) is 9.59 Å². The number of carbonyl (C=O) groups excluding carboxylic acids is 2. The Morgan fingerprint density at radius 2 is 1.25 bits per heavy atom. The van der Waals surface area contributed by atoms with Gasteiger partial charge < -0.3 is 20.8 Å². The van der Waals surface area contributed by atoms with E-state index >= 15 is 0 Å². The van der Waals surface area contributed by atoms with Gasteiger partial charge in [0, 0.05) is 11.1 Å². The molecule has 0 radical (unpaired) electrons. The van der Waals surface area contributed by atoms with Crippen molar-refractivity contribution < 1.29 is 29.4 Å². The van der Waals surface area contributed by atoms with E-state index in [1.165, 1.54) is 47.8 Å². The molecule has 0 spiro atoms. The molecule has 0 saturated heterocycles. The third kappa shape index (κ3) is 7.81. The highest BCUT2D eigenvalue weighted by Crippen LogP contribution is 2.09. The van der Waals surface area contributed by atoms with E-state index in [4.69, 9.17) is 0 Å². The van der Waals surface area contributed by atoms with Crippen LogP contribution in [0.3, 0.4) is 0 Å². The lowest BCUT2D eigenvalue weighted by atomic mass is 10.1. The molecule has 1 rings (SSSR count). The van der Waals surface area contributed by atoms with Gasteiger partial charge in [-0.15, -0.1) is 0 Å². The van der Waals surface area contributed by atoms with E-state index in [1.807, 2.05) is 12.5 Å². The zero-order valence-corrected chi connectivity index (χ0v) is 17.3. The van der Waals surface area contributed by atoms with Crippen LogP contribution in [0.5, 0.6) is 0 Å². The number of hydrogen-bond acceptors (Lipinski definition) is 6. The fraction of sp³-hybridized carbons (Fsp3) is 0.444. The molecule has 0 heterocycles. The number of nitrogens with one attached hydrogen (secondary N) is 2. The van der Waals surface area contributed by atoms with Crippen LogP contribution in [0.4, 0.5) is 0 Å². The molecule has 1 aromatic rings. The summed E-state index contributed by atoms with van der Waals surface area (Å²) in [5, 5.41) is 23.3. The minimum atomic E-state index is -1.13. The van der Waals surface area contributed by atoms with Gasteiger partial charge in [-0.05, 0) is 55.1 Å². The second-order valence-corrected chi connectivity index (χ2v) is 7.84. The van der Waals surface area contributed by atoms with Gasteiger partial charge in [-0.2, -0.15) is 23.5 Å². The Morgan fingerprint density at radius 1 is 0.857 bits per heavy atom. The third-order valence-corrected chi connectivity index (χ3v) is 5.10. The fourth-order valence-corrected chi connectivity index (χ4v) is 3.21. The van der Waals surface area contributed by atoms with E-state index in [-0.39, 0.29) is 24.0 Å². The van der Waals surface area contributed by atoms with Gasteiger partial charge >= 0.3 is 11.9 Å². The molecule has 10 heteroatoms. The lowest BCUT2D eigenvalue weighted by molar-refractivity contribution is -0.140. The minimum absolute atomic E-state index is 0.124. The molecule has 0 unspecified atom stereocenters. The normalized spacial score (nSPS) is 12.6. The molecule has 0 bridgehead atoms. The van der Waals surface area contributed by atoms with Gasteiger partial charge in [0.2, 0.25) is 0 Å². The average Bonchev–Trinajstić information content (AvgIpc) is 2.67. The van der Waals surface area contributed by atoms with Gasteiger partial charge in [0.1, 0.15) is 12.1 Å². The van der Waals surface area contributed by atoms with E-state index in [0.29, 0.717) is 11.5 Å². The molecule has 0 aromatic heterocycles. The van der Waals surface area contributed by atoms with Crippen molar-refractivity contribution in [3.63, 3.8) is 0 Å². The summed E-state index contributed by atoms with van der Waals surface area (Å²) in [5.41, 5.74) is 0.248. The van der Waals surface area contributed by atoms with Gasteiger partial charge in [0.05, 0.1) is 0 Å². The molecule has 2 atom stereocenters. The van der Waals surface area contributed by atoms with E-state index < -0.39 is 35.8 Å². The Hall–Kier alpha value is -2.20. The summed E-state index contributed by atoms with van der Waals surface area (Å²) < 4.78 is 0. The molecule has 0 saturated carbocycles. The van der Waals surface area contributed by atoms with Crippen LogP contribution in [0, 0.1) is 0 Å². The summed E-state index contributed by atoms with van der Waals surface area (Å²) in [4.78, 5) is 47.3. The summed E-state index contributed by atoms with van der Waals surface area (Å²) in [6.07, 6.45) is 4.23. The van der Waals surface area contributed by atoms with Crippen molar-refractivity contribution in [2.75, 3.05) is 24.0 Å². The molecule has 8 nitrogen and oxygen atoms in total. The Balaban J connectivity index is 2.86. The number of benzene rings is 1. The van der Waals surface area contributed by atoms with E-state index in [0.717, 1.165) is 0 Å². The highest BCUT2D eigenvalue weighted by Gasteiger charge is 2.22. The van der Waals surface area contributed by atoms with E-state index in [1.54, 1.807) is 0 Å². The smallest absolute Gasteiger partial charge is 0.326 e. The Bertz CT molecular complexity index is 658. The van der Waals surface area contributed by atoms with Crippen LogP contribution < -0.4 is 10.6 Å². The average molecular weight is 429 g/mol. The quantitative estimate of drug-likeness (QED) is 0.394. The minimum Gasteiger partial charge on any atom is -0.480 e. The SMILES string of the molecule is CSCC[C@@H](NC(=O)c1cccc(C(=O)N[C@H](CCSC)C(=O)O)c1)C(=O)O. The Morgan fingerprint density at radius 3 is 1.57 bits per heavy atom. The summed E-state index contributed by atoms with van der Waals surface area (Å²) in [6, 6.07) is 3.66. The Kier molecular flexibility index (Phi) is 10.5. The third-order valence-electron chi connectivity index (χ3n) is 3.82. The van der Waals surface area contributed by atoms with Crippen LogP contribution in [0.2, 0.25) is 0 Å². The fourth-order valence-electron chi connectivity index (χ4n) is 2.27. The predicted molar refractivity (Wildman–Crippen MR) is 110 cm³/mol. The monoisotopic (exact) mass is 428 g/mol. The number of thioether (sulfide) groups is 2. The van der Waals surface area contributed by atoms with Crippen molar-refractivity contribution in [2.24, 2.45) is 0 Å². The van der Waals surface area contributed by atoms with E-state index in [9.17, 15) is 29.4 Å². The number of aliphatic carboxylic acids is 2. The van der Waals surface area contributed by atoms with Crippen LogP contribution in [0.15, 0.2) is 24.3 Å². The molecule has 0 fully saturated rings. The van der Waals surface area contributed by atoms with Crippen LogP contribution in [0.1, 0.15) is 33.6 Å². The Labute approximate surface area is 171 Å². The zero-order chi connectivity index (χ0) is 21.1. The molecule has 0 aliphatic carbocycles. The maximum Gasteiger partial charge on any atom is 0.326 e. The first kappa shape index (κ1) is 23.8. The maximum atomic E-state index is 12.4. The summed E-state index contributed by atoms with van der Waals surface area (Å²) in [7, 11) is 0. The summed E-state index contributed by atoms with van der Waals surface area (Å²) in [6.45, 7) is 0. The lowest BCUT2D eigenvalue weighted by Gasteiger charge is -2.15. The number of carboxylic acid groups (broad SMARTS) is 2. The van der Waals surface area contributed by atoms with Crippen LogP contribution in [0.25, 0.3) is 0 Å². The number of amides is 2. The van der Waals surface area contributed by atoms with Crippen LogP contribution >= 0.6 is 23.5 Å². The van der Waals surface area contributed by atoms with Crippen molar-refractivity contribution in [3.8, 4) is 0 Å². The number of carboxylic acids is 2. The highest BCUT2D eigenvalue weighted by molar-refractivity contribution is 7.98. The van der Waals surface area contributed by atoms with Gasteiger partial charge in [0.25, 0.3) is 11.8 Å². The number of carbonyl (C=O) groups is 4. The second kappa shape index (κ2) is 12.3. The first-order chi connectivity index (χ1) is 13.3. The molecule has 0 aliphatic rings. The van der Waals surface area contributed by atoms with Crippen LogP contribution in [-0.2, 0) is 9.59 Å². The van der Waals surface area contributed by atoms with Crippen LogP contribution in [-0.4, -0.2) is 70.1 Å². The van der Waals surface area contributed by atoms with Crippen molar-refractivity contribution in [1.82, 2.24) is 10.6 Å². The molecule has 1 aromatic carbocycles. The van der Waals surface area contributed by atoms with Gasteiger partial charge in [-0.1, -0.05) is 6.07 Å². The van der Waals surface area contributed by atoms with Gasteiger partial charge in [-0.3, -0.25) is 9.59 Å². The molecule has 2 amide bonds. The second-order valence-electron chi connectivity index (χ2n) is 5.87. The van der Waals surface area contributed by atoms with Crippen molar-refractivity contribution in [3.05, 3.63) is 35.4 Å². The number of hydrogen-bond donors (Lipinski definition) is 4. The van der Waals surface area contributed by atoms with E-state index in [2.05, 4.69) is 10.6 Å². The van der Waals surface area contributed by atoms with Crippen molar-refractivity contribution in [1.29, 1.82) is 0 Å². The van der Waals surface area contributed by atoms with Crippen molar-refractivity contribution >= 4 is 47.3 Å². The molecular formula is C18H24N2O6S2. The summed E-state index contributed by atoms with van der Waals surface area (Å²) >= 11 is 2.95. The molecule has 0 aliphatic heterocycles. The largest absolute Gasteiger partial charge is 0.480 e. The molecule has 154 valence electrons. The topological polar surface area (TPSA) is 133 Å². The summed E-state index contributed by atoms with van der Waals surface area (Å²) in [5.74, 6) is -2.33. The van der Waals surface area contributed by atoms with Crippen molar-refractivity contribution in [2.45, 2.75) is 24.9 Å². The standard InChI is InChI=1S/C18H24N2O6S2/c1-27-8-6-13(17(23)24)19-15(21)11-4-3-5-12(10-11)16(22)20-14(18(25)26)7-9-28-2/h3-5,10,13-14H,6-9H2,1-2H3,(H,19,21)(H,20,22)(H,23,24)(H,25,26)/t13-,14-/m1/s1. The lowest BCUT2D eigenvalue weighted by Crippen LogP contribution is -2.42. The van der Waals surface area contributed by atoms with Gasteiger partial charge in [0.15, 0.2) is 0 Å². The molecule has 4 N–H and O–H groups in total. The molecular weight excluding hydrogens is 404 g/mol.